The lowest BCUT2D eigenvalue weighted by atomic mass is 10.2. The Morgan fingerprint density at radius 2 is 1.74 bits per heavy atom. The molecule has 0 radical (unpaired) electrons. The number of carbonyl (C=O) groups excluding carboxylic acids is 1. The molecule has 7 heteroatoms. The molecule has 1 saturated heterocycles. The van der Waals surface area contributed by atoms with Crippen LogP contribution in [0.3, 0.4) is 0 Å². The molecule has 3 rings (SSSR count). The van der Waals surface area contributed by atoms with Gasteiger partial charge in [0.2, 0.25) is 0 Å². The minimum absolute atomic E-state index is 0.00475. The molecular formula is C16H17NO5S. The van der Waals surface area contributed by atoms with Crippen LogP contribution < -0.4 is 4.74 Å². The monoisotopic (exact) mass is 335 g/mol. The van der Waals surface area contributed by atoms with Crippen LogP contribution in [0.1, 0.15) is 10.6 Å². The fourth-order valence-electron chi connectivity index (χ4n) is 2.43. The first kappa shape index (κ1) is 15.6. The van der Waals surface area contributed by atoms with Crippen molar-refractivity contribution in [2.45, 2.75) is 0 Å². The maximum absolute atomic E-state index is 12.4. The van der Waals surface area contributed by atoms with Gasteiger partial charge in [-0.05, 0) is 36.4 Å². The highest BCUT2D eigenvalue weighted by Crippen LogP contribution is 2.25. The fourth-order valence-corrected chi connectivity index (χ4v) is 3.64. The summed E-state index contributed by atoms with van der Waals surface area (Å²) in [6.45, 7) is 0.416. The number of hydrogen-bond acceptors (Lipinski definition) is 5. The largest absolute Gasteiger partial charge is 0.497 e. The van der Waals surface area contributed by atoms with Crippen molar-refractivity contribution in [3.63, 3.8) is 0 Å². The molecule has 23 heavy (non-hydrogen) atoms. The Hall–Kier alpha value is -2.28. The molecule has 2 heterocycles. The molecule has 0 unspecified atom stereocenters. The van der Waals surface area contributed by atoms with Gasteiger partial charge in [-0.3, -0.25) is 4.79 Å². The molecule has 0 bridgehead atoms. The highest BCUT2D eigenvalue weighted by Gasteiger charge is 2.27. The summed E-state index contributed by atoms with van der Waals surface area (Å²) in [5, 5.41) is 0. The lowest BCUT2D eigenvalue weighted by molar-refractivity contribution is 0.0739. The lowest BCUT2D eigenvalue weighted by Crippen LogP contribution is -2.43. The third-order valence-corrected chi connectivity index (χ3v) is 5.43. The lowest BCUT2D eigenvalue weighted by Gasteiger charge is -2.25. The van der Waals surface area contributed by atoms with Crippen LogP contribution in [0, 0.1) is 0 Å². The minimum Gasteiger partial charge on any atom is -0.497 e. The first-order valence-corrected chi connectivity index (χ1v) is 9.04. The van der Waals surface area contributed by atoms with E-state index < -0.39 is 9.84 Å². The van der Waals surface area contributed by atoms with E-state index in [4.69, 9.17) is 9.15 Å². The van der Waals surface area contributed by atoms with Crippen LogP contribution in [0.2, 0.25) is 0 Å². The van der Waals surface area contributed by atoms with Crippen molar-refractivity contribution >= 4 is 15.7 Å². The van der Waals surface area contributed by atoms with Crippen molar-refractivity contribution in [2.75, 3.05) is 31.7 Å². The summed E-state index contributed by atoms with van der Waals surface area (Å²) in [6.07, 6.45) is 0. The summed E-state index contributed by atoms with van der Waals surface area (Å²) < 4.78 is 33.6. The predicted octanol–water partition coefficient (Wildman–Crippen LogP) is 1.83. The maximum Gasteiger partial charge on any atom is 0.289 e. The summed E-state index contributed by atoms with van der Waals surface area (Å²) in [5.74, 6) is 1.27. The van der Waals surface area contributed by atoms with Gasteiger partial charge in [-0.15, -0.1) is 0 Å². The molecule has 1 aliphatic rings. The van der Waals surface area contributed by atoms with E-state index >= 15 is 0 Å². The van der Waals surface area contributed by atoms with E-state index in [0.29, 0.717) is 5.76 Å². The SMILES string of the molecule is COc1ccc(-c2ccc(C(=O)N3CCS(=O)(=O)CC3)o2)cc1. The van der Waals surface area contributed by atoms with Crippen molar-refractivity contribution in [3.8, 4) is 17.1 Å². The van der Waals surface area contributed by atoms with Crippen molar-refractivity contribution in [1.82, 2.24) is 4.90 Å². The van der Waals surface area contributed by atoms with Crippen molar-refractivity contribution < 1.29 is 22.4 Å². The third-order valence-electron chi connectivity index (χ3n) is 3.82. The van der Waals surface area contributed by atoms with Gasteiger partial charge in [0.25, 0.3) is 5.91 Å². The van der Waals surface area contributed by atoms with Gasteiger partial charge >= 0.3 is 0 Å². The first-order valence-electron chi connectivity index (χ1n) is 7.22. The fraction of sp³-hybridized carbons (Fsp3) is 0.312. The van der Waals surface area contributed by atoms with Crippen LogP contribution in [0.25, 0.3) is 11.3 Å². The summed E-state index contributed by atoms with van der Waals surface area (Å²) in [7, 11) is -1.42. The van der Waals surface area contributed by atoms with Gasteiger partial charge in [-0.25, -0.2) is 8.42 Å². The minimum atomic E-state index is -3.01. The van der Waals surface area contributed by atoms with Crippen LogP contribution >= 0.6 is 0 Å². The van der Waals surface area contributed by atoms with Crippen LogP contribution in [-0.2, 0) is 9.84 Å². The Morgan fingerprint density at radius 3 is 2.35 bits per heavy atom. The van der Waals surface area contributed by atoms with Crippen LogP contribution in [-0.4, -0.2) is 50.9 Å². The molecule has 1 aromatic heterocycles. The molecular weight excluding hydrogens is 318 g/mol. The highest BCUT2D eigenvalue weighted by atomic mass is 32.2. The molecule has 0 saturated carbocycles. The van der Waals surface area contributed by atoms with Crippen LogP contribution in [0.15, 0.2) is 40.8 Å². The van der Waals surface area contributed by atoms with Gasteiger partial charge in [0, 0.05) is 18.7 Å². The normalized spacial score (nSPS) is 17.0. The highest BCUT2D eigenvalue weighted by molar-refractivity contribution is 7.91. The molecule has 0 spiro atoms. The molecule has 0 N–H and O–H groups in total. The summed E-state index contributed by atoms with van der Waals surface area (Å²) in [6, 6.07) is 10.7. The molecule has 1 aliphatic heterocycles. The molecule has 1 aromatic carbocycles. The van der Waals surface area contributed by atoms with Crippen molar-refractivity contribution in [3.05, 3.63) is 42.2 Å². The summed E-state index contributed by atoms with van der Waals surface area (Å²) in [5.41, 5.74) is 0.839. The Balaban J connectivity index is 1.74. The topological polar surface area (TPSA) is 76.8 Å². The number of amides is 1. The van der Waals surface area contributed by atoms with Gasteiger partial charge in [0.15, 0.2) is 15.6 Å². The maximum atomic E-state index is 12.4. The van der Waals surface area contributed by atoms with Gasteiger partial charge in [0.1, 0.15) is 11.5 Å². The van der Waals surface area contributed by atoms with Crippen molar-refractivity contribution in [1.29, 1.82) is 0 Å². The number of carbonyl (C=O) groups is 1. The number of nitrogens with zero attached hydrogens (tertiary/aromatic N) is 1. The smallest absolute Gasteiger partial charge is 0.289 e. The van der Waals surface area contributed by atoms with E-state index in [1.807, 2.05) is 24.3 Å². The van der Waals surface area contributed by atoms with Crippen molar-refractivity contribution in [2.24, 2.45) is 0 Å². The molecule has 0 aliphatic carbocycles. The third kappa shape index (κ3) is 3.39. The average Bonchev–Trinajstić information content (AvgIpc) is 3.04. The van der Waals surface area contributed by atoms with E-state index in [2.05, 4.69) is 0 Å². The van der Waals surface area contributed by atoms with Gasteiger partial charge in [-0.1, -0.05) is 0 Å². The average molecular weight is 335 g/mol. The van der Waals surface area contributed by atoms with E-state index in [1.165, 1.54) is 4.90 Å². The number of benzene rings is 1. The second-order valence-electron chi connectivity index (χ2n) is 5.34. The molecule has 122 valence electrons. The zero-order chi connectivity index (χ0) is 16.4. The zero-order valence-corrected chi connectivity index (χ0v) is 13.5. The van der Waals surface area contributed by atoms with Gasteiger partial charge in [0.05, 0.1) is 18.6 Å². The number of furan rings is 1. The zero-order valence-electron chi connectivity index (χ0n) is 12.7. The van der Waals surface area contributed by atoms with E-state index in [9.17, 15) is 13.2 Å². The van der Waals surface area contributed by atoms with Crippen LogP contribution in [0.5, 0.6) is 5.75 Å². The predicted molar refractivity (Wildman–Crippen MR) is 85.3 cm³/mol. The number of methoxy groups -OCH3 is 1. The first-order chi connectivity index (χ1) is 11.0. The number of sulfone groups is 1. The summed E-state index contributed by atoms with van der Waals surface area (Å²) in [4.78, 5) is 13.9. The van der Waals surface area contributed by atoms with Gasteiger partial charge in [-0.2, -0.15) is 0 Å². The number of hydrogen-bond donors (Lipinski definition) is 0. The quantitative estimate of drug-likeness (QED) is 0.855. The Labute approximate surface area is 134 Å². The number of ether oxygens (including phenoxy) is 1. The van der Waals surface area contributed by atoms with E-state index in [1.54, 1.807) is 19.2 Å². The van der Waals surface area contributed by atoms with Crippen LogP contribution in [0.4, 0.5) is 0 Å². The van der Waals surface area contributed by atoms with E-state index in [0.717, 1.165) is 11.3 Å². The second-order valence-corrected chi connectivity index (χ2v) is 7.64. The molecule has 1 fully saturated rings. The standard InChI is InChI=1S/C16H17NO5S/c1-21-13-4-2-12(3-5-13)14-6-7-15(22-14)16(18)17-8-10-23(19,20)11-9-17/h2-7H,8-11H2,1H3. The summed E-state index contributed by atoms with van der Waals surface area (Å²) >= 11 is 0. The molecule has 1 amide bonds. The Morgan fingerprint density at radius 1 is 1.09 bits per heavy atom. The van der Waals surface area contributed by atoms with Gasteiger partial charge < -0.3 is 14.1 Å². The Kier molecular flexibility index (Phi) is 4.12. The van der Waals surface area contributed by atoms with E-state index in [-0.39, 0.29) is 36.3 Å². The Bertz CT molecular complexity index is 793. The molecule has 2 aromatic rings. The number of rotatable bonds is 3. The molecule has 6 nitrogen and oxygen atoms in total. The second kappa shape index (κ2) is 6.08. The molecule has 0 atom stereocenters.